The molecule has 0 aliphatic heterocycles. The Labute approximate surface area is 167 Å². The number of rotatable bonds is 7. The van der Waals surface area contributed by atoms with Gasteiger partial charge < -0.3 is 16.0 Å². The van der Waals surface area contributed by atoms with Crippen LogP contribution in [0.1, 0.15) is 24.1 Å². The van der Waals surface area contributed by atoms with Gasteiger partial charge in [0.15, 0.2) is 0 Å². The number of carbonyl (C=O) groups is 2. The molecule has 0 aliphatic rings. The minimum atomic E-state index is -0.620. The third-order valence-electron chi connectivity index (χ3n) is 4.47. The highest BCUT2D eigenvalue weighted by atomic mass is 35.5. The van der Waals surface area contributed by atoms with Crippen molar-refractivity contribution in [2.45, 2.75) is 25.4 Å². The number of nitrogens with zero attached hydrogens (tertiary/aromatic N) is 1. The van der Waals surface area contributed by atoms with Crippen molar-refractivity contribution in [1.29, 1.82) is 0 Å². The van der Waals surface area contributed by atoms with Crippen LogP contribution in [0.5, 0.6) is 0 Å². The molecule has 2 aromatic carbocycles. The van der Waals surface area contributed by atoms with E-state index in [1.54, 1.807) is 21.0 Å². The van der Waals surface area contributed by atoms with Crippen LogP contribution in [0.2, 0.25) is 0 Å². The summed E-state index contributed by atoms with van der Waals surface area (Å²) in [6, 6.07) is 18.1. The van der Waals surface area contributed by atoms with Gasteiger partial charge in [-0.25, -0.2) is 0 Å². The molecule has 2 amide bonds. The van der Waals surface area contributed by atoms with Gasteiger partial charge in [0.05, 0.1) is 5.92 Å². The Bertz CT molecular complexity index is 723. The molecule has 0 saturated heterocycles. The number of halogens is 1. The van der Waals surface area contributed by atoms with E-state index in [0.717, 1.165) is 11.1 Å². The largest absolute Gasteiger partial charge is 0.347 e. The molecule has 27 heavy (non-hydrogen) atoms. The van der Waals surface area contributed by atoms with Crippen molar-refractivity contribution >= 4 is 24.2 Å². The summed E-state index contributed by atoms with van der Waals surface area (Å²) in [6.45, 7) is 1.78. The van der Waals surface area contributed by atoms with E-state index in [-0.39, 0.29) is 24.2 Å². The normalized spacial score (nSPS) is 13.6. The van der Waals surface area contributed by atoms with Gasteiger partial charge in [0, 0.05) is 26.6 Å². The van der Waals surface area contributed by atoms with Crippen molar-refractivity contribution in [3.8, 4) is 0 Å². The molecule has 146 valence electrons. The van der Waals surface area contributed by atoms with Gasteiger partial charge in [0.1, 0.15) is 6.04 Å². The van der Waals surface area contributed by atoms with Crippen molar-refractivity contribution in [3.63, 3.8) is 0 Å². The van der Waals surface area contributed by atoms with Crippen LogP contribution in [-0.2, 0) is 16.0 Å². The van der Waals surface area contributed by atoms with Gasteiger partial charge in [-0.15, -0.1) is 12.4 Å². The summed E-state index contributed by atoms with van der Waals surface area (Å²) in [5.41, 5.74) is 8.14. The molecule has 3 N–H and O–H groups in total. The molecule has 2 aromatic rings. The maximum Gasteiger partial charge on any atom is 0.244 e. The third-order valence-corrected chi connectivity index (χ3v) is 4.47. The Kier molecular flexibility index (Phi) is 8.98. The first-order valence-electron chi connectivity index (χ1n) is 8.76. The number of likely N-dealkylation sites (N-methyl/N-ethyl adjacent to an activating group) is 1. The molecule has 5 nitrogen and oxygen atoms in total. The van der Waals surface area contributed by atoms with Crippen LogP contribution < -0.4 is 11.1 Å². The summed E-state index contributed by atoms with van der Waals surface area (Å²) in [7, 11) is 3.37. The Morgan fingerprint density at radius 3 is 2.04 bits per heavy atom. The zero-order valence-corrected chi connectivity index (χ0v) is 16.8. The van der Waals surface area contributed by atoms with Crippen LogP contribution in [0, 0.1) is 5.92 Å². The lowest BCUT2D eigenvalue weighted by molar-refractivity contribution is -0.135. The van der Waals surface area contributed by atoms with E-state index in [9.17, 15) is 9.59 Å². The molecule has 3 unspecified atom stereocenters. The van der Waals surface area contributed by atoms with Crippen molar-refractivity contribution in [2.24, 2.45) is 11.7 Å². The summed E-state index contributed by atoms with van der Waals surface area (Å²) < 4.78 is 0. The molecule has 0 heterocycles. The topological polar surface area (TPSA) is 75.4 Å². The number of nitrogens with one attached hydrogen (secondary N) is 1. The number of hydrogen-bond donors (Lipinski definition) is 2. The van der Waals surface area contributed by atoms with Crippen LogP contribution in [-0.4, -0.2) is 36.9 Å². The van der Waals surface area contributed by atoms with Crippen LogP contribution in [0.3, 0.4) is 0 Å². The highest BCUT2D eigenvalue weighted by Gasteiger charge is 2.28. The molecule has 0 saturated carbocycles. The van der Waals surface area contributed by atoms with Crippen molar-refractivity contribution in [2.75, 3.05) is 14.1 Å². The molecule has 0 aliphatic carbocycles. The van der Waals surface area contributed by atoms with E-state index in [4.69, 9.17) is 5.73 Å². The standard InChI is InChI=1S/C21H27N3O2.ClH/c1-15(19(22)17-12-8-5-9-13-17)20(25)23-18(21(26)24(2)3)14-16-10-6-4-7-11-16;/h4-13,15,18-19H,14,22H2,1-3H3,(H,23,25);1H. The highest BCUT2D eigenvalue weighted by Crippen LogP contribution is 2.19. The number of benzene rings is 2. The van der Waals surface area contributed by atoms with Crippen LogP contribution in [0.25, 0.3) is 0 Å². The zero-order chi connectivity index (χ0) is 19.1. The molecule has 3 atom stereocenters. The molecular formula is C21H28ClN3O2. The molecule has 0 fully saturated rings. The van der Waals surface area contributed by atoms with E-state index >= 15 is 0 Å². The van der Waals surface area contributed by atoms with Crippen molar-refractivity contribution in [3.05, 3.63) is 71.8 Å². The van der Waals surface area contributed by atoms with Gasteiger partial charge in [-0.2, -0.15) is 0 Å². The van der Waals surface area contributed by atoms with E-state index < -0.39 is 18.0 Å². The fourth-order valence-corrected chi connectivity index (χ4v) is 2.79. The average Bonchev–Trinajstić information content (AvgIpc) is 2.67. The first-order chi connectivity index (χ1) is 12.4. The average molecular weight is 390 g/mol. The summed E-state index contributed by atoms with van der Waals surface area (Å²) >= 11 is 0. The maximum absolute atomic E-state index is 12.7. The number of carbonyl (C=O) groups excluding carboxylic acids is 2. The van der Waals surface area contributed by atoms with Gasteiger partial charge in [-0.3, -0.25) is 9.59 Å². The van der Waals surface area contributed by atoms with Crippen molar-refractivity contribution < 1.29 is 9.59 Å². The summed E-state index contributed by atoms with van der Waals surface area (Å²) in [5, 5.41) is 2.89. The highest BCUT2D eigenvalue weighted by molar-refractivity contribution is 5.88. The van der Waals surface area contributed by atoms with Gasteiger partial charge in [0.25, 0.3) is 0 Å². The molecule has 0 aromatic heterocycles. The van der Waals surface area contributed by atoms with Gasteiger partial charge in [-0.05, 0) is 11.1 Å². The van der Waals surface area contributed by atoms with Crippen molar-refractivity contribution in [1.82, 2.24) is 10.2 Å². The molecular weight excluding hydrogens is 362 g/mol. The fraction of sp³-hybridized carbons (Fsp3) is 0.333. The van der Waals surface area contributed by atoms with Gasteiger partial charge in [-0.1, -0.05) is 67.6 Å². The number of amides is 2. The summed E-state index contributed by atoms with van der Waals surface area (Å²) in [4.78, 5) is 26.7. The monoisotopic (exact) mass is 389 g/mol. The van der Waals surface area contributed by atoms with Crippen LogP contribution in [0.15, 0.2) is 60.7 Å². The van der Waals surface area contributed by atoms with Crippen LogP contribution in [0.4, 0.5) is 0 Å². The summed E-state index contributed by atoms with van der Waals surface area (Å²) in [5.74, 6) is -0.814. The van der Waals surface area contributed by atoms with Gasteiger partial charge >= 0.3 is 0 Å². The molecule has 0 radical (unpaired) electrons. The lowest BCUT2D eigenvalue weighted by Crippen LogP contribution is -2.50. The Morgan fingerprint density at radius 1 is 1.00 bits per heavy atom. The smallest absolute Gasteiger partial charge is 0.244 e. The Morgan fingerprint density at radius 2 is 1.52 bits per heavy atom. The molecule has 2 rings (SSSR count). The SMILES string of the molecule is CC(C(=O)NC(Cc1ccccc1)C(=O)N(C)C)C(N)c1ccccc1.Cl. The predicted molar refractivity (Wildman–Crippen MR) is 111 cm³/mol. The molecule has 0 spiro atoms. The second-order valence-electron chi connectivity index (χ2n) is 6.71. The Balaban J connectivity index is 0.00000364. The van der Waals surface area contributed by atoms with E-state index in [1.165, 1.54) is 4.90 Å². The molecule has 6 heteroatoms. The van der Waals surface area contributed by atoms with Crippen LogP contribution >= 0.6 is 12.4 Å². The maximum atomic E-state index is 12.7. The minimum Gasteiger partial charge on any atom is -0.347 e. The lowest BCUT2D eigenvalue weighted by Gasteiger charge is -2.25. The number of hydrogen-bond acceptors (Lipinski definition) is 3. The second-order valence-corrected chi connectivity index (χ2v) is 6.71. The first kappa shape index (κ1) is 22.7. The first-order valence-corrected chi connectivity index (χ1v) is 8.76. The van der Waals surface area contributed by atoms with E-state index in [0.29, 0.717) is 6.42 Å². The fourth-order valence-electron chi connectivity index (χ4n) is 2.79. The predicted octanol–water partition coefficient (Wildman–Crippen LogP) is 2.56. The summed E-state index contributed by atoms with van der Waals surface area (Å²) in [6.07, 6.45) is 0.441. The lowest BCUT2D eigenvalue weighted by atomic mass is 9.94. The van der Waals surface area contributed by atoms with E-state index in [1.807, 2.05) is 60.7 Å². The number of nitrogens with two attached hydrogens (primary N) is 1. The van der Waals surface area contributed by atoms with Gasteiger partial charge in [0.2, 0.25) is 11.8 Å². The second kappa shape index (κ2) is 10.7. The Hall–Kier alpha value is -2.37. The zero-order valence-electron chi connectivity index (χ0n) is 16.0. The van der Waals surface area contributed by atoms with E-state index in [2.05, 4.69) is 5.32 Å². The quantitative estimate of drug-likeness (QED) is 0.764. The third kappa shape index (κ3) is 6.38. The minimum absolute atomic E-state index is 0. The molecule has 0 bridgehead atoms.